The van der Waals surface area contributed by atoms with Crippen molar-refractivity contribution in [3.63, 3.8) is 0 Å². The van der Waals surface area contributed by atoms with Crippen LogP contribution in [0.2, 0.25) is 0 Å². The van der Waals surface area contributed by atoms with E-state index in [9.17, 15) is 0 Å². The standard InChI is InChI=1S/C46H28S/c1-2-13-33-28-43-41(27-32(33)12-1)46-40(21-10-22-42(46)47-43)45-38-18-7-5-16-36(38)44(37-17-6-8-19-39(37)45)31-25-23-30(24-26-31)35-20-9-14-29-11-3-4-15-34(29)35/h1-28H. The molecule has 9 aromatic carbocycles. The summed E-state index contributed by atoms with van der Waals surface area (Å²) < 4.78 is 2.66. The molecule has 1 heteroatoms. The maximum atomic E-state index is 2.39. The molecule has 0 atom stereocenters. The number of rotatable bonds is 3. The van der Waals surface area contributed by atoms with Gasteiger partial charge in [-0.05, 0) is 94.7 Å². The Hall–Kier alpha value is -5.76. The molecule has 218 valence electrons. The van der Waals surface area contributed by atoms with Crippen molar-refractivity contribution < 1.29 is 0 Å². The summed E-state index contributed by atoms with van der Waals surface area (Å²) in [6, 6.07) is 62.7. The molecular weight excluding hydrogens is 585 g/mol. The number of fused-ring (bicyclic) bond motifs is 7. The summed E-state index contributed by atoms with van der Waals surface area (Å²) in [7, 11) is 0. The number of hydrogen-bond donors (Lipinski definition) is 0. The molecule has 0 saturated carbocycles. The highest BCUT2D eigenvalue weighted by atomic mass is 32.1. The van der Waals surface area contributed by atoms with E-state index in [-0.39, 0.29) is 0 Å². The Morgan fingerprint density at radius 1 is 0.298 bits per heavy atom. The SMILES string of the molecule is c1ccc2cc3c(cc2c1)sc1cccc(-c2c4ccccc4c(-c4ccc(-c5cccc6ccccc56)cc4)c4ccccc24)c13. The van der Waals surface area contributed by atoms with Gasteiger partial charge in [0.2, 0.25) is 0 Å². The summed E-state index contributed by atoms with van der Waals surface area (Å²) in [6.45, 7) is 0. The Morgan fingerprint density at radius 3 is 1.51 bits per heavy atom. The number of hydrogen-bond acceptors (Lipinski definition) is 1. The molecule has 0 unspecified atom stereocenters. The van der Waals surface area contributed by atoms with E-state index in [0.717, 1.165) is 0 Å². The lowest BCUT2D eigenvalue weighted by Gasteiger charge is -2.18. The highest BCUT2D eigenvalue weighted by molar-refractivity contribution is 7.26. The molecule has 1 aromatic heterocycles. The fraction of sp³-hybridized carbons (Fsp3) is 0. The first-order chi connectivity index (χ1) is 23.3. The molecule has 0 bridgehead atoms. The van der Waals surface area contributed by atoms with Gasteiger partial charge < -0.3 is 0 Å². The van der Waals surface area contributed by atoms with Crippen LogP contribution in [0.1, 0.15) is 0 Å². The maximum Gasteiger partial charge on any atom is 0.0362 e. The van der Waals surface area contributed by atoms with Gasteiger partial charge in [-0.3, -0.25) is 0 Å². The zero-order valence-corrected chi connectivity index (χ0v) is 26.4. The average molecular weight is 613 g/mol. The van der Waals surface area contributed by atoms with E-state index in [1.54, 1.807) is 0 Å². The van der Waals surface area contributed by atoms with E-state index in [1.165, 1.54) is 96.6 Å². The van der Waals surface area contributed by atoms with Crippen molar-refractivity contribution in [1.29, 1.82) is 0 Å². The van der Waals surface area contributed by atoms with Crippen LogP contribution >= 0.6 is 11.3 Å². The van der Waals surface area contributed by atoms with Gasteiger partial charge in [-0.15, -0.1) is 11.3 Å². The topological polar surface area (TPSA) is 0 Å². The summed E-state index contributed by atoms with van der Waals surface area (Å²) in [5.41, 5.74) is 7.64. The predicted molar refractivity (Wildman–Crippen MR) is 206 cm³/mol. The molecule has 0 N–H and O–H groups in total. The second kappa shape index (κ2) is 10.4. The molecule has 10 aromatic rings. The lowest BCUT2D eigenvalue weighted by molar-refractivity contribution is 1.63. The van der Waals surface area contributed by atoms with Crippen molar-refractivity contribution in [3.05, 3.63) is 170 Å². The van der Waals surface area contributed by atoms with Crippen molar-refractivity contribution in [2.24, 2.45) is 0 Å². The fourth-order valence-corrected chi connectivity index (χ4v) is 8.91. The van der Waals surface area contributed by atoms with Crippen LogP contribution in [0.15, 0.2) is 170 Å². The Labute approximate surface area is 276 Å². The Kier molecular flexibility index (Phi) is 5.85. The molecule has 0 aliphatic carbocycles. The first-order valence-corrected chi connectivity index (χ1v) is 17.0. The van der Waals surface area contributed by atoms with Crippen LogP contribution in [0.4, 0.5) is 0 Å². The molecule has 10 rings (SSSR count). The van der Waals surface area contributed by atoms with Crippen LogP contribution in [-0.2, 0) is 0 Å². The zero-order chi connectivity index (χ0) is 30.9. The van der Waals surface area contributed by atoms with Gasteiger partial charge in [-0.2, -0.15) is 0 Å². The van der Waals surface area contributed by atoms with E-state index >= 15 is 0 Å². The minimum atomic E-state index is 1.23. The third kappa shape index (κ3) is 4.07. The molecule has 47 heavy (non-hydrogen) atoms. The second-order valence-electron chi connectivity index (χ2n) is 12.4. The smallest absolute Gasteiger partial charge is 0.0362 e. The Balaban J connectivity index is 1.23. The van der Waals surface area contributed by atoms with E-state index in [0.29, 0.717) is 0 Å². The normalized spacial score (nSPS) is 11.8. The van der Waals surface area contributed by atoms with Gasteiger partial charge in [-0.25, -0.2) is 0 Å². The zero-order valence-electron chi connectivity index (χ0n) is 25.6. The molecular formula is C46H28S. The van der Waals surface area contributed by atoms with Crippen molar-refractivity contribution in [1.82, 2.24) is 0 Å². The molecule has 0 aliphatic heterocycles. The highest BCUT2D eigenvalue weighted by Gasteiger charge is 2.20. The Morgan fingerprint density at radius 2 is 0.809 bits per heavy atom. The summed E-state index contributed by atoms with van der Waals surface area (Å²) in [6.07, 6.45) is 0. The monoisotopic (exact) mass is 612 g/mol. The highest BCUT2D eigenvalue weighted by Crippen LogP contribution is 2.48. The summed E-state index contributed by atoms with van der Waals surface area (Å²) >= 11 is 1.90. The molecule has 0 radical (unpaired) electrons. The van der Waals surface area contributed by atoms with Crippen LogP contribution in [0.25, 0.3) is 96.6 Å². The van der Waals surface area contributed by atoms with Crippen LogP contribution in [0.5, 0.6) is 0 Å². The third-order valence-electron chi connectivity index (χ3n) is 9.84. The van der Waals surface area contributed by atoms with E-state index in [1.807, 2.05) is 11.3 Å². The molecule has 0 aliphatic rings. The molecule has 0 fully saturated rings. The van der Waals surface area contributed by atoms with Crippen molar-refractivity contribution in [3.8, 4) is 33.4 Å². The Bertz CT molecular complexity index is 2770. The molecule has 1 heterocycles. The lowest BCUT2D eigenvalue weighted by Crippen LogP contribution is -1.91. The first kappa shape index (κ1) is 26.5. The largest absolute Gasteiger partial charge is 0.135 e. The minimum Gasteiger partial charge on any atom is -0.135 e. The molecule has 0 nitrogen and oxygen atoms in total. The fourth-order valence-electron chi connectivity index (χ4n) is 7.74. The van der Waals surface area contributed by atoms with E-state index < -0.39 is 0 Å². The van der Waals surface area contributed by atoms with Gasteiger partial charge in [0.05, 0.1) is 0 Å². The second-order valence-corrected chi connectivity index (χ2v) is 13.5. The molecule has 0 amide bonds. The van der Waals surface area contributed by atoms with E-state index in [4.69, 9.17) is 0 Å². The van der Waals surface area contributed by atoms with Gasteiger partial charge >= 0.3 is 0 Å². The minimum absolute atomic E-state index is 1.23. The van der Waals surface area contributed by atoms with Gasteiger partial charge in [0.1, 0.15) is 0 Å². The van der Waals surface area contributed by atoms with Crippen LogP contribution < -0.4 is 0 Å². The molecule has 0 saturated heterocycles. The molecule has 0 spiro atoms. The maximum absolute atomic E-state index is 2.39. The van der Waals surface area contributed by atoms with Crippen LogP contribution in [0, 0.1) is 0 Å². The third-order valence-corrected chi connectivity index (χ3v) is 11.0. The average Bonchev–Trinajstić information content (AvgIpc) is 3.50. The van der Waals surface area contributed by atoms with Gasteiger partial charge in [0.15, 0.2) is 0 Å². The van der Waals surface area contributed by atoms with Crippen molar-refractivity contribution >= 4 is 74.6 Å². The van der Waals surface area contributed by atoms with Crippen LogP contribution in [0.3, 0.4) is 0 Å². The van der Waals surface area contributed by atoms with Gasteiger partial charge in [-0.1, -0.05) is 152 Å². The van der Waals surface area contributed by atoms with Crippen molar-refractivity contribution in [2.45, 2.75) is 0 Å². The summed E-state index contributed by atoms with van der Waals surface area (Å²) in [5, 5.41) is 12.9. The summed E-state index contributed by atoms with van der Waals surface area (Å²) in [4.78, 5) is 0. The van der Waals surface area contributed by atoms with E-state index in [2.05, 4.69) is 170 Å². The summed E-state index contributed by atoms with van der Waals surface area (Å²) in [5.74, 6) is 0. The van der Waals surface area contributed by atoms with Gasteiger partial charge in [0.25, 0.3) is 0 Å². The lowest BCUT2D eigenvalue weighted by atomic mass is 9.84. The van der Waals surface area contributed by atoms with Gasteiger partial charge in [0, 0.05) is 20.2 Å². The predicted octanol–water partition coefficient (Wildman–Crippen LogP) is 13.7. The van der Waals surface area contributed by atoms with Crippen LogP contribution in [-0.4, -0.2) is 0 Å². The quantitative estimate of drug-likeness (QED) is 0.174. The van der Waals surface area contributed by atoms with Crippen molar-refractivity contribution in [2.75, 3.05) is 0 Å². The number of thiophene rings is 1. The number of benzene rings is 9. The first-order valence-electron chi connectivity index (χ1n) is 16.2.